The molecule has 96 valence electrons. The van der Waals surface area contributed by atoms with Gasteiger partial charge >= 0.3 is 0 Å². The normalized spacial score (nSPS) is 12.4. The summed E-state index contributed by atoms with van der Waals surface area (Å²) in [4.78, 5) is 0. The second-order valence-corrected chi connectivity index (χ2v) is 5.18. The molecule has 1 heterocycles. The fourth-order valence-corrected chi connectivity index (χ4v) is 2.35. The predicted octanol–water partition coefficient (Wildman–Crippen LogP) is 3.08. The van der Waals surface area contributed by atoms with Crippen LogP contribution in [-0.2, 0) is 0 Å². The fourth-order valence-electron chi connectivity index (χ4n) is 1.97. The van der Waals surface area contributed by atoms with Crippen molar-refractivity contribution < 1.29 is 4.74 Å². The average molecular weight is 357 g/mol. The molecule has 1 unspecified atom stereocenters. The molecule has 4 nitrogen and oxygen atoms in total. The summed E-state index contributed by atoms with van der Waals surface area (Å²) in [5.41, 5.74) is 7.23. The van der Waals surface area contributed by atoms with Crippen molar-refractivity contribution in [1.82, 2.24) is 9.78 Å². The second kappa shape index (κ2) is 5.60. The number of nitrogens with zero attached hydrogens (tertiary/aromatic N) is 2. The van der Waals surface area contributed by atoms with Crippen LogP contribution in [0.3, 0.4) is 0 Å². The van der Waals surface area contributed by atoms with E-state index >= 15 is 0 Å². The van der Waals surface area contributed by atoms with Gasteiger partial charge in [-0.3, -0.25) is 0 Å². The van der Waals surface area contributed by atoms with Gasteiger partial charge in [-0.2, -0.15) is 5.10 Å². The maximum absolute atomic E-state index is 6.04. The van der Waals surface area contributed by atoms with E-state index in [9.17, 15) is 0 Å². The molecule has 2 aromatic rings. The van der Waals surface area contributed by atoms with E-state index in [0.717, 1.165) is 21.6 Å². The third-order valence-electron chi connectivity index (χ3n) is 2.97. The van der Waals surface area contributed by atoms with Crippen molar-refractivity contribution in [3.63, 3.8) is 0 Å². The lowest BCUT2D eigenvalue weighted by Gasteiger charge is -2.18. The van der Waals surface area contributed by atoms with Gasteiger partial charge in [-0.1, -0.05) is 19.1 Å². The highest BCUT2D eigenvalue weighted by Gasteiger charge is 2.16. The average Bonchev–Trinajstić information content (AvgIpc) is 2.73. The molecule has 0 aliphatic rings. The number of ether oxygens (including phenoxy) is 1. The van der Waals surface area contributed by atoms with E-state index in [1.54, 1.807) is 13.3 Å². The number of anilines is 1. The highest BCUT2D eigenvalue weighted by molar-refractivity contribution is 14.1. The Kier molecular flexibility index (Phi) is 4.11. The number of hydrogen-bond acceptors (Lipinski definition) is 3. The number of hydrogen-bond donors (Lipinski definition) is 1. The molecular formula is C13H16IN3O. The number of methoxy groups -OCH3 is 1. The molecule has 18 heavy (non-hydrogen) atoms. The van der Waals surface area contributed by atoms with Gasteiger partial charge in [0.1, 0.15) is 11.6 Å². The van der Waals surface area contributed by atoms with Crippen molar-refractivity contribution in [2.45, 2.75) is 19.4 Å². The van der Waals surface area contributed by atoms with E-state index in [1.807, 2.05) is 16.8 Å². The lowest BCUT2D eigenvalue weighted by atomic mass is 10.0. The minimum Gasteiger partial charge on any atom is -0.497 e. The fraction of sp³-hybridized carbons (Fsp3) is 0.308. The van der Waals surface area contributed by atoms with E-state index in [4.69, 9.17) is 10.5 Å². The molecule has 1 aromatic carbocycles. The largest absolute Gasteiger partial charge is 0.497 e. The van der Waals surface area contributed by atoms with Crippen LogP contribution < -0.4 is 10.5 Å². The zero-order valence-electron chi connectivity index (χ0n) is 10.4. The number of benzene rings is 1. The van der Waals surface area contributed by atoms with Gasteiger partial charge in [0, 0.05) is 0 Å². The first kappa shape index (κ1) is 13.2. The van der Waals surface area contributed by atoms with E-state index in [1.165, 1.54) is 5.56 Å². The Labute approximate surface area is 120 Å². The van der Waals surface area contributed by atoms with Gasteiger partial charge in [0.05, 0.1) is 22.9 Å². The van der Waals surface area contributed by atoms with Gasteiger partial charge in [0.2, 0.25) is 0 Å². The molecule has 2 N–H and O–H groups in total. The number of aromatic nitrogens is 2. The van der Waals surface area contributed by atoms with E-state index in [2.05, 4.69) is 46.7 Å². The smallest absolute Gasteiger partial charge is 0.135 e. The van der Waals surface area contributed by atoms with Crippen LogP contribution in [0.25, 0.3) is 0 Å². The van der Waals surface area contributed by atoms with Crippen molar-refractivity contribution in [3.8, 4) is 5.75 Å². The molecule has 0 amide bonds. The molecule has 0 bridgehead atoms. The van der Waals surface area contributed by atoms with Crippen LogP contribution in [0.1, 0.15) is 24.9 Å². The standard InChI is InChI=1S/C13H16IN3O/c1-3-12(17-13(15)11(14)8-16-17)9-4-6-10(18-2)7-5-9/h4-8,12H,3,15H2,1-2H3. The topological polar surface area (TPSA) is 53.1 Å². The molecule has 0 radical (unpaired) electrons. The van der Waals surface area contributed by atoms with Crippen molar-refractivity contribution in [2.75, 3.05) is 12.8 Å². The summed E-state index contributed by atoms with van der Waals surface area (Å²) in [6, 6.07) is 8.20. The van der Waals surface area contributed by atoms with E-state index < -0.39 is 0 Å². The highest BCUT2D eigenvalue weighted by atomic mass is 127. The summed E-state index contributed by atoms with van der Waals surface area (Å²) in [6.07, 6.45) is 2.73. The molecule has 0 aliphatic heterocycles. The summed E-state index contributed by atoms with van der Waals surface area (Å²) in [6.45, 7) is 2.13. The third kappa shape index (κ3) is 2.45. The Balaban J connectivity index is 2.35. The Bertz CT molecular complexity index is 522. The first-order chi connectivity index (χ1) is 8.67. The lowest BCUT2D eigenvalue weighted by molar-refractivity contribution is 0.414. The molecule has 1 aromatic heterocycles. The highest BCUT2D eigenvalue weighted by Crippen LogP contribution is 2.27. The van der Waals surface area contributed by atoms with Crippen LogP contribution in [-0.4, -0.2) is 16.9 Å². The monoisotopic (exact) mass is 357 g/mol. The zero-order valence-corrected chi connectivity index (χ0v) is 12.6. The van der Waals surface area contributed by atoms with Crippen molar-refractivity contribution in [3.05, 3.63) is 39.6 Å². The van der Waals surface area contributed by atoms with Gasteiger partial charge in [-0.05, 0) is 46.7 Å². The van der Waals surface area contributed by atoms with Gasteiger partial charge in [0.15, 0.2) is 0 Å². The van der Waals surface area contributed by atoms with Crippen LogP contribution in [0.15, 0.2) is 30.5 Å². The Morgan fingerprint density at radius 2 is 2.06 bits per heavy atom. The van der Waals surface area contributed by atoms with Crippen LogP contribution in [0.2, 0.25) is 0 Å². The van der Waals surface area contributed by atoms with Gasteiger partial charge < -0.3 is 10.5 Å². The Morgan fingerprint density at radius 1 is 1.39 bits per heavy atom. The van der Waals surface area contributed by atoms with E-state index in [0.29, 0.717) is 0 Å². The second-order valence-electron chi connectivity index (χ2n) is 4.02. The summed E-state index contributed by atoms with van der Waals surface area (Å²) in [7, 11) is 1.67. The summed E-state index contributed by atoms with van der Waals surface area (Å²) in [5, 5.41) is 4.36. The molecule has 0 fully saturated rings. The quantitative estimate of drug-likeness (QED) is 0.856. The number of halogens is 1. The lowest BCUT2D eigenvalue weighted by Crippen LogP contribution is -2.14. The molecule has 0 aliphatic carbocycles. The number of nitrogens with two attached hydrogens (primary N) is 1. The number of rotatable bonds is 4. The van der Waals surface area contributed by atoms with Crippen molar-refractivity contribution in [1.29, 1.82) is 0 Å². The molecule has 1 atom stereocenters. The SMILES string of the molecule is CCC(c1ccc(OC)cc1)n1ncc(I)c1N. The molecule has 5 heteroatoms. The van der Waals surface area contributed by atoms with Crippen LogP contribution in [0.5, 0.6) is 5.75 Å². The van der Waals surface area contributed by atoms with Crippen molar-refractivity contribution >= 4 is 28.4 Å². The third-order valence-corrected chi connectivity index (χ3v) is 3.80. The summed E-state index contributed by atoms with van der Waals surface area (Å²) >= 11 is 2.20. The minimum atomic E-state index is 0.166. The molecule has 0 saturated carbocycles. The van der Waals surface area contributed by atoms with E-state index in [-0.39, 0.29) is 6.04 Å². The maximum atomic E-state index is 6.04. The maximum Gasteiger partial charge on any atom is 0.135 e. The van der Waals surface area contributed by atoms with Crippen LogP contribution in [0, 0.1) is 3.57 Å². The molecule has 0 saturated heterocycles. The first-order valence-electron chi connectivity index (χ1n) is 5.79. The summed E-state index contributed by atoms with van der Waals surface area (Å²) < 4.78 is 8.03. The molecule has 0 spiro atoms. The molecular weight excluding hydrogens is 341 g/mol. The number of nitrogen functional groups attached to an aromatic ring is 1. The predicted molar refractivity (Wildman–Crippen MR) is 80.8 cm³/mol. The Morgan fingerprint density at radius 3 is 2.50 bits per heavy atom. The summed E-state index contributed by atoms with van der Waals surface area (Å²) in [5.74, 6) is 1.58. The van der Waals surface area contributed by atoms with Crippen molar-refractivity contribution in [2.24, 2.45) is 0 Å². The van der Waals surface area contributed by atoms with Crippen LogP contribution >= 0.6 is 22.6 Å². The zero-order chi connectivity index (χ0) is 13.1. The molecule has 2 rings (SSSR count). The first-order valence-corrected chi connectivity index (χ1v) is 6.87. The van der Waals surface area contributed by atoms with Gasteiger partial charge in [-0.25, -0.2) is 4.68 Å². The Hall–Kier alpha value is -1.24. The van der Waals surface area contributed by atoms with Gasteiger partial charge in [-0.15, -0.1) is 0 Å². The van der Waals surface area contributed by atoms with Gasteiger partial charge in [0.25, 0.3) is 0 Å². The van der Waals surface area contributed by atoms with Crippen LogP contribution in [0.4, 0.5) is 5.82 Å². The minimum absolute atomic E-state index is 0.166.